The van der Waals surface area contributed by atoms with Crippen LogP contribution >= 0.6 is 23.1 Å². The number of esters is 1. The average molecular weight is 500 g/mol. The lowest BCUT2D eigenvalue weighted by Gasteiger charge is -2.16. The first-order chi connectivity index (χ1) is 16.5. The molecule has 1 aliphatic heterocycles. The zero-order chi connectivity index (χ0) is 23.9. The molecule has 0 saturated heterocycles. The molecule has 0 spiro atoms. The van der Waals surface area contributed by atoms with Crippen LogP contribution in [0.3, 0.4) is 0 Å². The molecule has 176 valence electrons. The van der Waals surface area contributed by atoms with Gasteiger partial charge in [0.1, 0.15) is 5.03 Å². The summed E-state index contributed by atoms with van der Waals surface area (Å²) >= 11 is 2.65. The van der Waals surface area contributed by atoms with E-state index in [0.29, 0.717) is 28.8 Å². The first kappa shape index (κ1) is 23.6. The number of thiophene rings is 1. The third-order valence-corrected chi connectivity index (χ3v) is 6.58. The summed E-state index contributed by atoms with van der Waals surface area (Å²) in [5.74, 6) is -0.0587. The third-order valence-electron chi connectivity index (χ3n) is 4.71. The van der Waals surface area contributed by atoms with Crippen LogP contribution in [-0.2, 0) is 20.9 Å². The number of carbonyl (C=O) groups excluding carboxylic acids is 3. The minimum absolute atomic E-state index is 0.0220. The van der Waals surface area contributed by atoms with Crippen LogP contribution in [-0.4, -0.2) is 53.9 Å². The van der Waals surface area contributed by atoms with Crippen LogP contribution in [0.15, 0.2) is 59.1 Å². The number of ether oxygens (including phenoxy) is 3. The zero-order valence-corrected chi connectivity index (χ0v) is 19.8. The summed E-state index contributed by atoms with van der Waals surface area (Å²) in [6.07, 6.45) is 1.52. The predicted molar refractivity (Wildman–Crippen MR) is 127 cm³/mol. The lowest BCUT2D eigenvalue weighted by molar-refractivity contribution is -0.133. The number of hydrogen-bond acceptors (Lipinski definition) is 9. The number of nitrogens with one attached hydrogen (secondary N) is 1. The monoisotopic (exact) mass is 499 g/mol. The number of amides is 2. The number of anilines is 1. The molecule has 0 fully saturated rings. The summed E-state index contributed by atoms with van der Waals surface area (Å²) < 4.78 is 15.8. The third kappa shape index (κ3) is 6.06. The number of hydrogen-bond donors (Lipinski definition) is 1. The van der Waals surface area contributed by atoms with Gasteiger partial charge >= 0.3 is 5.97 Å². The summed E-state index contributed by atoms with van der Waals surface area (Å²) in [6, 6.07) is 12.1. The second kappa shape index (κ2) is 11.0. The standard InChI is InChI=1S/C23H21N3O6S2/c1-26(11-16-4-3-9-33-16)21(28)12-30-23(29)17-5-2-8-24-22(17)34-13-20(27)25-15-6-7-18-19(10-15)32-14-31-18/h2-10H,11-14H2,1H3,(H,25,27). The van der Waals surface area contributed by atoms with E-state index in [-0.39, 0.29) is 36.5 Å². The van der Waals surface area contributed by atoms with Crippen molar-refractivity contribution in [1.29, 1.82) is 0 Å². The van der Waals surface area contributed by atoms with Gasteiger partial charge in [-0.3, -0.25) is 9.59 Å². The van der Waals surface area contributed by atoms with Crippen molar-refractivity contribution < 1.29 is 28.6 Å². The number of carbonyl (C=O) groups is 3. The summed E-state index contributed by atoms with van der Waals surface area (Å²) in [5, 5.41) is 5.05. The molecule has 11 heteroatoms. The van der Waals surface area contributed by atoms with Gasteiger partial charge in [0.05, 0.1) is 17.9 Å². The van der Waals surface area contributed by atoms with Gasteiger partial charge in [-0.2, -0.15) is 0 Å². The van der Waals surface area contributed by atoms with Gasteiger partial charge in [0.15, 0.2) is 18.1 Å². The fourth-order valence-corrected chi connectivity index (χ4v) is 4.55. The highest BCUT2D eigenvalue weighted by atomic mass is 32.2. The van der Waals surface area contributed by atoms with Crippen molar-refractivity contribution in [2.45, 2.75) is 11.6 Å². The lowest BCUT2D eigenvalue weighted by Crippen LogP contribution is -2.30. The highest BCUT2D eigenvalue weighted by molar-refractivity contribution is 8.00. The van der Waals surface area contributed by atoms with Crippen molar-refractivity contribution in [2.75, 3.05) is 31.5 Å². The number of nitrogens with zero attached hydrogens (tertiary/aromatic N) is 2. The molecule has 0 radical (unpaired) electrons. The van der Waals surface area contributed by atoms with Crippen LogP contribution in [0.25, 0.3) is 0 Å². The molecule has 3 aromatic rings. The van der Waals surface area contributed by atoms with E-state index in [1.54, 1.807) is 48.7 Å². The molecule has 0 bridgehead atoms. The van der Waals surface area contributed by atoms with E-state index in [0.717, 1.165) is 16.6 Å². The Morgan fingerprint density at radius 3 is 2.85 bits per heavy atom. The second-order valence-electron chi connectivity index (χ2n) is 7.17. The molecule has 1 N–H and O–H groups in total. The van der Waals surface area contributed by atoms with Gasteiger partial charge in [-0.05, 0) is 35.7 Å². The van der Waals surface area contributed by atoms with E-state index in [4.69, 9.17) is 14.2 Å². The van der Waals surface area contributed by atoms with E-state index in [1.807, 2.05) is 17.5 Å². The van der Waals surface area contributed by atoms with Crippen molar-refractivity contribution in [1.82, 2.24) is 9.88 Å². The molecule has 2 aromatic heterocycles. The van der Waals surface area contributed by atoms with E-state index in [1.165, 1.54) is 11.1 Å². The van der Waals surface area contributed by atoms with Crippen LogP contribution < -0.4 is 14.8 Å². The molecule has 3 heterocycles. The molecule has 2 amide bonds. The van der Waals surface area contributed by atoms with Gasteiger partial charge < -0.3 is 24.4 Å². The molecule has 9 nitrogen and oxygen atoms in total. The number of rotatable bonds is 9. The Hall–Kier alpha value is -3.57. The molecule has 0 saturated carbocycles. The minimum atomic E-state index is -0.676. The number of benzene rings is 1. The maximum Gasteiger partial charge on any atom is 0.341 e. The summed E-state index contributed by atoms with van der Waals surface area (Å²) in [5.41, 5.74) is 0.762. The Morgan fingerprint density at radius 1 is 1.18 bits per heavy atom. The Balaban J connectivity index is 1.29. The fraction of sp³-hybridized carbons (Fsp3) is 0.217. The van der Waals surface area contributed by atoms with Gasteiger partial charge in [0.2, 0.25) is 12.7 Å². The number of fused-ring (bicyclic) bond motifs is 1. The largest absolute Gasteiger partial charge is 0.454 e. The van der Waals surface area contributed by atoms with Gasteiger partial charge in [-0.15, -0.1) is 11.3 Å². The highest BCUT2D eigenvalue weighted by Crippen LogP contribution is 2.34. The molecule has 1 aliphatic rings. The average Bonchev–Trinajstić information content (AvgIpc) is 3.53. The SMILES string of the molecule is CN(Cc1cccs1)C(=O)COC(=O)c1cccnc1SCC(=O)Nc1ccc2c(c1)OCO2. The Kier molecular flexibility index (Phi) is 7.65. The topological polar surface area (TPSA) is 107 Å². The first-order valence-electron chi connectivity index (χ1n) is 10.2. The molecule has 0 atom stereocenters. The Labute approximate surface area is 204 Å². The first-order valence-corrected chi connectivity index (χ1v) is 12.1. The van der Waals surface area contributed by atoms with Gasteiger partial charge in [0.25, 0.3) is 5.91 Å². The van der Waals surface area contributed by atoms with Crippen LogP contribution in [0.4, 0.5) is 5.69 Å². The van der Waals surface area contributed by atoms with Crippen molar-refractivity contribution >= 4 is 46.6 Å². The highest BCUT2D eigenvalue weighted by Gasteiger charge is 2.19. The van der Waals surface area contributed by atoms with E-state index < -0.39 is 5.97 Å². The summed E-state index contributed by atoms with van der Waals surface area (Å²) in [4.78, 5) is 44.0. The van der Waals surface area contributed by atoms with Gasteiger partial charge in [0, 0.05) is 29.9 Å². The van der Waals surface area contributed by atoms with Crippen LogP contribution in [0.5, 0.6) is 11.5 Å². The molecule has 4 rings (SSSR count). The number of aromatic nitrogens is 1. The van der Waals surface area contributed by atoms with E-state index >= 15 is 0 Å². The summed E-state index contributed by atoms with van der Waals surface area (Å²) in [7, 11) is 1.65. The lowest BCUT2D eigenvalue weighted by atomic mass is 10.3. The quantitative estimate of drug-likeness (QED) is 0.353. The van der Waals surface area contributed by atoms with Crippen LogP contribution in [0.1, 0.15) is 15.2 Å². The maximum atomic E-state index is 12.6. The normalized spacial score (nSPS) is 11.7. The molecule has 34 heavy (non-hydrogen) atoms. The Bertz CT molecular complexity index is 1190. The molecule has 1 aromatic carbocycles. The fourth-order valence-electron chi connectivity index (χ4n) is 3.01. The van der Waals surface area contributed by atoms with Crippen molar-refractivity contribution in [3.8, 4) is 11.5 Å². The van der Waals surface area contributed by atoms with E-state index in [2.05, 4.69) is 10.3 Å². The van der Waals surface area contributed by atoms with Crippen molar-refractivity contribution in [3.05, 3.63) is 64.5 Å². The molecule has 0 aliphatic carbocycles. The molecular weight excluding hydrogens is 478 g/mol. The Morgan fingerprint density at radius 2 is 2.03 bits per heavy atom. The number of pyridine rings is 1. The predicted octanol–water partition coefficient (Wildman–Crippen LogP) is 3.42. The van der Waals surface area contributed by atoms with Gasteiger partial charge in [-0.1, -0.05) is 17.8 Å². The number of likely N-dealkylation sites (N-methyl/N-ethyl adjacent to an activating group) is 1. The smallest absolute Gasteiger partial charge is 0.341 e. The van der Waals surface area contributed by atoms with Gasteiger partial charge in [-0.25, -0.2) is 9.78 Å². The number of thioether (sulfide) groups is 1. The molecular formula is C23H21N3O6S2. The van der Waals surface area contributed by atoms with Crippen molar-refractivity contribution in [2.24, 2.45) is 0 Å². The minimum Gasteiger partial charge on any atom is -0.454 e. The van der Waals surface area contributed by atoms with Crippen LogP contribution in [0, 0.1) is 0 Å². The maximum absolute atomic E-state index is 12.6. The van der Waals surface area contributed by atoms with Crippen molar-refractivity contribution in [3.63, 3.8) is 0 Å². The summed E-state index contributed by atoms with van der Waals surface area (Å²) in [6.45, 7) is 0.211. The van der Waals surface area contributed by atoms with Crippen LogP contribution in [0.2, 0.25) is 0 Å². The molecule has 0 unspecified atom stereocenters. The zero-order valence-electron chi connectivity index (χ0n) is 18.2. The van der Waals surface area contributed by atoms with E-state index in [9.17, 15) is 14.4 Å². The second-order valence-corrected chi connectivity index (χ2v) is 9.16.